The number of rotatable bonds is 3. The summed E-state index contributed by atoms with van der Waals surface area (Å²) < 4.78 is 2.31. The van der Waals surface area contributed by atoms with Crippen molar-refractivity contribution in [3.8, 4) is 0 Å². The second-order valence-electron chi connectivity index (χ2n) is 3.84. The highest BCUT2D eigenvalue weighted by Crippen LogP contribution is 2.33. The molecule has 0 saturated heterocycles. The first-order valence-corrected chi connectivity index (χ1v) is 6.86. The topological polar surface area (TPSA) is 70.9 Å². The summed E-state index contributed by atoms with van der Waals surface area (Å²) in [5, 5.41) is 16.4. The molecular weight excluding hydrogens is 318 g/mol. The molecule has 18 heavy (non-hydrogen) atoms. The lowest BCUT2D eigenvalue weighted by Gasteiger charge is -2.08. The molecule has 0 radical (unpaired) electrons. The minimum atomic E-state index is -0.505. The Labute approximate surface area is 116 Å². The standard InChI is InChI=1S/C11H12BrN3O2S/c1-6(16)7-3-4-9(8(12)5-7)18-11-14-13-10(17)15(11)2/h3-6,16H,1-2H3,(H,13,17)/t6-/m1/s1. The molecule has 2 rings (SSSR count). The van der Waals surface area contributed by atoms with Gasteiger partial charge in [0.05, 0.1) is 6.10 Å². The second-order valence-corrected chi connectivity index (χ2v) is 5.70. The maximum absolute atomic E-state index is 11.2. The Morgan fingerprint density at radius 1 is 1.56 bits per heavy atom. The number of aromatic amines is 1. The van der Waals surface area contributed by atoms with Crippen LogP contribution in [0, 0.1) is 0 Å². The van der Waals surface area contributed by atoms with Gasteiger partial charge in [0, 0.05) is 16.4 Å². The summed E-state index contributed by atoms with van der Waals surface area (Å²) in [6.45, 7) is 1.71. The van der Waals surface area contributed by atoms with Gasteiger partial charge in [-0.25, -0.2) is 9.89 Å². The van der Waals surface area contributed by atoms with Crippen LogP contribution in [0.5, 0.6) is 0 Å². The van der Waals surface area contributed by atoms with Crippen molar-refractivity contribution in [2.45, 2.75) is 23.1 Å². The van der Waals surface area contributed by atoms with E-state index < -0.39 is 6.10 Å². The molecule has 2 N–H and O–H groups in total. The summed E-state index contributed by atoms with van der Waals surface area (Å²) in [5.41, 5.74) is 0.594. The van der Waals surface area contributed by atoms with E-state index in [4.69, 9.17) is 0 Å². The van der Waals surface area contributed by atoms with E-state index in [0.29, 0.717) is 5.16 Å². The van der Waals surface area contributed by atoms with Crippen molar-refractivity contribution in [3.63, 3.8) is 0 Å². The summed E-state index contributed by atoms with van der Waals surface area (Å²) in [6.07, 6.45) is -0.505. The average molecular weight is 330 g/mol. The van der Waals surface area contributed by atoms with E-state index in [9.17, 15) is 9.90 Å². The van der Waals surface area contributed by atoms with Gasteiger partial charge < -0.3 is 5.11 Å². The zero-order valence-electron chi connectivity index (χ0n) is 9.85. The van der Waals surface area contributed by atoms with E-state index >= 15 is 0 Å². The van der Waals surface area contributed by atoms with Crippen molar-refractivity contribution in [2.75, 3.05) is 0 Å². The van der Waals surface area contributed by atoms with E-state index in [1.165, 1.54) is 16.3 Å². The second kappa shape index (κ2) is 5.29. The summed E-state index contributed by atoms with van der Waals surface area (Å²) in [5.74, 6) is 0. The van der Waals surface area contributed by atoms with Crippen LogP contribution in [0.1, 0.15) is 18.6 Å². The number of aliphatic hydroxyl groups excluding tert-OH is 1. The minimum absolute atomic E-state index is 0.241. The molecule has 0 amide bonds. The Morgan fingerprint density at radius 3 is 2.78 bits per heavy atom. The van der Waals surface area contributed by atoms with Crippen molar-refractivity contribution >= 4 is 27.7 Å². The van der Waals surface area contributed by atoms with Crippen LogP contribution in [0.4, 0.5) is 0 Å². The molecule has 0 aliphatic rings. The number of H-pyrrole nitrogens is 1. The molecule has 0 unspecified atom stereocenters. The fraction of sp³-hybridized carbons (Fsp3) is 0.273. The van der Waals surface area contributed by atoms with Gasteiger partial charge in [0.25, 0.3) is 0 Å². The van der Waals surface area contributed by atoms with Gasteiger partial charge in [0.2, 0.25) is 0 Å². The molecule has 0 fully saturated rings. The lowest BCUT2D eigenvalue weighted by Crippen LogP contribution is -2.12. The molecule has 0 aliphatic carbocycles. The largest absolute Gasteiger partial charge is 0.389 e. The minimum Gasteiger partial charge on any atom is -0.389 e. The van der Waals surface area contributed by atoms with Gasteiger partial charge in [-0.2, -0.15) is 0 Å². The first kappa shape index (κ1) is 13.4. The molecule has 1 aromatic carbocycles. The van der Waals surface area contributed by atoms with Crippen LogP contribution in [0.15, 0.2) is 37.5 Å². The van der Waals surface area contributed by atoms with Crippen LogP contribution < -0.4 is 5.69 Å². The predicted molar refractivity (Wildman–Crippen MR) is 72.7 cm³/mol. The lowest BCUT2D eigenvalue weighted by atomic mass is 10.1. The van der Waals surface area contributed by atoms with E-state index in [-0.39, 0.29) is 5.69 Å². The Kier molecular flexibility index (Phi) is 3.94. The third-order valence-electron chi connectivity index (χ3n) is 2.48. The molecule has 1 aromatic heterocycles. The quantitative estimate of drug-likeness (QED) is 0.904. The van der Waals surface area contributed by atoms with E-state index in [2.05, 4.69) is 26.1 Å². The van der Waals surface area contributed by atoms with Crippen LogP contribution >= 0.6 is 27.7 Å². The first-order chi connectivity index (χ1) is 8.49. The molecule has 7 heteroatoms. The maximum atomic E-state index is 11.2. The number of halogens is 1. The Morgan fingerprint density at radius 2 is 2.28 bits per heavy atom. The van der Waals surface area contributed by atoms with Gasteiger partial charge in [0.15, 0.2) is 5.16 Å². The summed E-state index contributed by atoms with van der Waals surface area (Å²) in [4.78, 5) is 12.2. The van der Waals surface area contributed by atoms with Crippen molar-refractivity contribution < 1.29 is 5.11 Å². The zero-order chi connectivity index (χ0) is 13.3. The lowest BCUT2D eigenvalue weighted by molar-refractivity contribution is 0.199. The molecule has 1 heterocycles. The number of hydrogen-bond acceptors (Lipinski definition) is 4. The fourth-order valence-corrected chi connectivity index (χ4v) is 2.82. The van der Waals surface area contributed by atoms with Crippen LogP contribution in [-0.4, -0.2) is 19.9 Å². The molecule has 1 atom stereocenters. The normalized spacial score (nSPS) is 12.7. The highest BCUT2D eigenvalue weighted by Gasteiger charge is 2.10. The SMILES string of the molecule is C[C@@H](O)c1ccc(Sc2n[nH]c(=O)n2C)c(Br)c1. The molecule has 0 bridgehead atoms. The van der Waals surface area contributed by atoms with Gasteiger partial charge >= 0.3 is 5.69 Å². The highest BCUT2D eigenvalue weighted by molar-refractivity contribution is 9.10. The van der Waals surface area contributed by atoms with Crippen LogP contribution in [-0.2, 0) is 7.05 Å². The summed E-state index contributed by atoms with van der Waals surface area (Å²) in [6, 6.07) is 5.59. The molecular formula is C11H12BrN3O2S. The average Bonchev–Trinajstić information content (AvgIpc) is 2.63. The molecule has 2 aromatic rings. The van der Waals surface area contributed by atoms with Crippen molar-refractivity contribution in [1.29, 1.82) is 0 Å². The summed E-state index contributed by atoms with van der Waals surface area (Å²) >= 11 is 4.82. The number of nitrogens with zero attached hydrogens (tertiary/aromatic N) is 2. The number of aromatic nitrogens is 3. The predicted octanol–water partition coefficient (Wildman–Crippen LogP) is 2.08. The third-order valence-corrected chi connectivity index (χ3v) is 4.52. The van der Waals surface area contributed by atoms with Crippen LogP contribution in [0.3, 0.4) is 0 Å². The molecule has 0 spiro atoms. The Balaban J connectivity index is 2.30. The summed E-state index contributed by atoms with van der Waals surface area (Å²) in [7, 11) is 1.66. The van der Waals surface area contributed by atoms with E-state index in [1.54, 1.807) is 14.0 Å². The van der Waals surface area contributed by atoms with E-state index in [1.807, 2.05) is 18.2 Å². The van der Waals surface area contributed by atoms with Crippen molar-refractivity contribution in [3.05, 3.63) is 38.7 Å². The third kappa shape index (κ3) is 2.68. The van der Waals surface area contributed by atoms with Gasteiger partial charge in [-0.1, -0.05) is 6.07 Å². The molecule has 0 saturated carbocycles. The first-order valence-electron chi connectivity index (χ1n) is 5.26. The molecule has 5 nitrogen and oxygen atoms in total. The van der Waals surface area contributed by atoms with Gasteiger partial charge in [-0.05, 0) is 52.3 Å². The van der Waals surface area contributed by atoms with Gasteiger partial charge in [-0.15, -0.1) is 5.10 Å². The monoisotopic (exact) mass is 329 g/mol. The zero-order valence-corrected chi connectivity index (χ0v) is 12.2. The highest BCUT2D eigenvalue weighted by atomic mass is 79.9. The Hall–Kier alpha value is -1.05. The van der Waals surface area contributed by atoms with Crippen molar-refractivity contribution in [1.82, 2.24) is 14.8 Å². The van der Waals surface area contributed by atoms with Crippen LogP contribution in [0.25, 0.3) is 0 Å². The number of nitrogens with one attached hydrogen (secondary N) is 1. The number of hydrogen-bond donors (Lipinski definition) is 2. The molecule has 0 aliphatic heterocycles. The number of benzene rings is 1. The smallest absolute Gasteiger partial charge is 0.343 e. The Bertz CT molecular complexity index is 621. The number of aliphatic hydroxyl groups is 1. The fourth-order valence-electron chi connectivity index (χ4n) is 1.38. The maximum Gasteiger partial charge on any atom is 0.343 e. The van der Waals surface area contributed by atoms with E-state index in [0.717, 1.165) is 14.9 Å². The molecule has 96 valence electrons. The van der Waals surface area contributed by atoms with Gasteiger partial charge in [0.1, 0.15) is 0 Å². The van der Waals surface area contributed by atoms with Crippen molar-refractivity contribution in [2.24, 2.45) is 7.05 Å². The van der Waals surface area contributed by atoms with Gasteiger partial charge in [-0.3, -0.25) is 4.57 Å². The van der Waals surface area contributed by atoms with Crippen LogP contribution in [0.2, 0.25) is 0 Å².